The van der Waals surface area contributed by atoms with Crippen molar-refractivity contribution in [2.75, 3.05) is 6.61 Å². The van der Waals surface area contributed by atoms with Crippen LogP contribution in [-0.2, 0) is 0 Å². The van der Waals surface area contributed by atoms with Crippen LogP contribution in [0.15, 0.2) is 58.8 Å². The Balaban J connectivity index is 1.47. The zero-order chi connectivity index (χ0) is 24.3. The number of azo groups is 1. The Morgan fingerprint density at radius 3 is 1.50 bits per heavy atom. The molecule has 0 unspecified atom stereocenters. The third-order valence-electron chi connectivity index (χ3n) is 6.00. The normalized spacial score (nSPS) is 11.2. The lowest BCUT2D eigenvalue weighted by molar-refractivity contribution is 0.0697. The van der Waals surface area contributed by atoms with E-state index >= 15 is 0 Å². The summed E-state index contributed by atoms with van der Waals surface area (Å²) in [6, 6.07) is 13.9. The molecule has 186 valence electrons. The van der Waals surface area contributed by atoms with E-state index in [1.165, 1.54) is 95.6 Å². The third-order valence-corrected chi connectivity index (χ3v) is 6.00. The van der Waals surface area contributed by atoms with Crippen molar-refractivity contribution in [1.29, 1.82) is 0 Å². The zero-order valence-electron chi connectivity index (χ0n) is 20.9. The van der Waals surface area contributed by atoms with Gasteiger partial charge in [-0.1, -0.05) is 90.4 Å². The first-order valence-electron chi connectivity index (χ1n) is 13.2. The molecule has 0 atom stereocenters. The van der Waals surface area contributed by atoms with E-state index < -0.39 is 5.97 Å². The second-order valence-electron chi connectivity index (χ2n) is 8.99. The lowest BCUT2D eigenvalue weighted by atomic mass is 10.0. The van der Waals surface area contributed by atoms with Gasteiger partial charge in [0, 0.05) is 0 Å². The smallest absolute Gasteiger partial charge is 0.335 e. The molecule has 0 aliphatic rings. The fourth-order valence-electron chi connectivity index (χ4n) is 3.88. The van der Waals surface area contributed by atoms with E-state index in [-0.39, 0.29) is 5.56 Å². The Hall–Kier alpha value is -2.69. The number of carboxylic acid groups (broad SMARTS) is 1. The van der Waals surface area contributed by atoms with Crippen molar-refractivity contribution in [2.45, 2.75) is 96.8 Å². The number of carboxylic acids is 1. The molecule has 0 bridgehead atoms. The van der Waals surface area contributed by atoms with E-state index in [9.17, 15) is 4.79 Å². The monoisotopic (exact) mass is 466 g/mol. The minimum Gasteiger partial charge on any atom is -0.494 e. The van der Waals surface area contributed by atoms with E-state index in [0.717, 1.165) is 24.5 Å². The average molecular weight is 467 g/mol. The average Bonchev–Trinajstić information content (AvgIpc) is 2.86. The lowest BCUT2D eigenvalue weighted by Gasteiger charge is -2.06. The highest BCUT2D eigenvalue weighted by atomic mass is 16.5. The molecule has 2 aromatic rings. The quantitative estimate of drug-likeness (QED) is 0.165. The Bertz CT molecular complexity index is 816. The van der Waals surface area contributed by atoms with Gasteiger partial charge < -0.3 is 9.84 Å². The highest BCUT2D eigenvalue weighted by molar-refractivity contribution is 5.87. The fourth-order valence-corrected chi connectivity index (χ4v) is 3.88. The maximum atomic E-state index is 10.9. The summed E-state index contributed by atoms with van der Waals surface area (Å²) in [5.41, 5.74) is 1.58. The molecule has 0 fully saturated rings. The number of carbonyl (C=O) groups is 1. The summed E-state index contributed by atoms with van der Waals surface area (Å²) in [7, 11) is 0. The largest absolute Gasteiger partial charge is 0.494 e. The minimum absolute atomic E-state index is 0.235. The molecule has 0 aliphatic carbocycles. The van der Waals surface area contributed by atoms with Gasteiger partial charge in [0.2, 0.25) is 0 Å². The van der Waals surface area contributed by atoms with Gasteiger partial charge in [-0.05, 0) is 55.0 Å². The number of rotatable bonds is 19. The van der Waals surface area contributed by atoms with Crippen molar-refractivity contribution in [2.24, 2.45) is 10.2 Å². The van der Waals surface area contributed by atoms with Crippen LogP contribution in [0.1, 0.15) is 107 Å². The summed E-state index contributed by atoms with van der Waals surface area (Å²) in [6.45, 7) is 3.02. The number of unbranched alkanes of at least 4 members (excludes halogenated alkanes) is 13. The molecule has 2 rings (SSSR count). The number of aromatic carboxylic acids is 1. The second-order valence-corrected chi connectivity index (χ2v) is 8.99. The van der Waals surface area contributed by atoms with E-state index in [1.807, 2.05) is 24.3 Å². The van der Waals surface area contributed by atoms with Crippen LogP contribution in [-0.4, -0.2) is 17.7 Å². The van der Waals surface area contributed by atoms with Crippen molar-refractivity contribution in [1.82, 2.24) is 0 Å². The lowest BCUT2D eigenvalue weighted by Crippen LogP contribution is -1.96. The second kappa shape index (κ2) is 17.7. The number of hydrogen-bond donors (Lipinski definition) is 1. The summed E-state index contributed by atoms with van der Waals surface area (Å²) >= 11 is 0. The molecule has 0 saturated heterocycles. The predicted octanol–water partition coefficient (Wildman–Crippen LogP) is 9.66. The highest BCUT2D eigenvalue weighted by Gasteiger charge is 2.01. The first-order valence-corrected chi connectivity index (χ1v) is 13.2. The van der Waals surface area contributed by atoms with E-state index in [0.29, 0.717) is 5.69 Å². The SMILES string of the molecule is CCCCCCCCCCCCCCCCOc1ccc(N=Nc2ccc(C(=O)O)cc2)cc1. The van der Waals surface area contributed by atoms with Crippen LogP contribution >= 0.6 is 0 Å². The molecule has 0 aliphatic heterocycles. The van der Waals surface area contributed by atoms with Crippen molar-refractivity contribution in [3.05, 3.63) is 54.1 Å². The molecular formula is C29H42N2O3. The Morgan fingerprint density at radius 2 is 1.06 bits per heavy atom. The molecule has 1 N–H and O–H groups in total. The summed E-state index contributed by atoms with van der Waals surface area (Å²) in [5.74, 6) is -0.104. The Kier molecular flexibility index (Phi) is 14.4. The molecule has 0 saturated carbocycles. The van der Waals surface area contributed by atoms with Crippen LogP contribution in [0, 0.1) is 0 Å². The highest BCUT2D eigenvalue weighted by Crippen LogP contribution is 2.22. The van der Waals surface area contributed by atoms with Crippen LogP contribution < -0.4 is 4.74 Å². The van der Waals surface area contributed by atoms with E-state index in [2.05, 4.69) is 17.2 Å². The van der Waals surface area contributed by atoms with Crippen molar-refractivity contribution in [3.63, 3.8) is 0 Å². The number of nitrogens with zero attached hydrogens (tertiary/aromatic N) is 2. The number of hydrogen-bond acceptors (Lipinski definition) is 4. The van der Waals surface area contributed by atoms with Crippen LogP contribution in [0.5, 0.6) is 5.75 Å². The third kappa shape index (κ3) is 12.5. The predicted molar refractivity (Wildman–Crippen MR) is 140 cm³/mol. The molecule has 0 spiro atoms. The van der Waals surface area contributed by atoms with Crippen LogP contribution in [0.25, 0.3) is 0 Å². The first-order chi connectivity index (χ1) is 16.7. The summed E-state index contributed by atoms with van der Waals surface area (Å²) in [5, 5.41) is 17.3. The van der Waals surface area contributed by atoms with Gasteiger partial charge in [0.15, 0.2) is 0 Å². The number of benzene rings is 2. The summed E-state index contributed by atoms with van der Waals surface area (Å²) in [4.78, 5) is 10.9. The van der Waals surface area contributed by atoms with Gasteiger partial charge in [-0.25, -0.2) is 4.79 Å². The summed E-state index contributed by atoms with van der Waals surface area (Å²) < 4.78 is 5.84. The molecule has 5 nitrogen and oxygen atoms in total. The van der Waals surface area contributed by atoms with Gasteiger partial charge in [0.1, 0.15) is 5.75 Å². The van der Waals surface area contributed by atoms with Crippen LogP contribution in [0.2, 0.25) is 0 Å². The fraction of sp³-hybridized carbons (Fsp3) is 0.552. The maximum Gasteiger partial charge on any atom is 0.335 e. The van der Waals surface area contributed by atoms with Gasteiger partial charge in [-0.15, -0.1) is 0 Å². The van der Waals surface area contributed by atoms with E-state index in [4.69, 9.17) is 9.84 Å². The maximum absolute atomic E-state index is 10.9. The zero-order valence-corrected chi connectivity index (χ0v) is 20.9. The molecule has 2 aromatic carbocycles. The molecule has 0 radical (unpaired) electrons. The topological polar surface area (TPSA) is 71.2 Å². The Labute approximate surface area is 205 Å². The standard InChI is InChI=1S/C29H42N2O3/c1-2-3-4-5-6-7-8-9-10-11-12-13-14-15-24-34-28-22-20-27(21-23-28)31-30-26-18-16-25(17-19-26)29(32)33/h16-23H,2-15,24H2,1H3,(H,32,33). The van der Waals surface area contributed by atoms with Crippen molar-refractivity contribution in [3.8, 4) is 5.75 Å². The minimum atomic E-state index is -0.951. The van der Waals surface area contributed by atoms with Crippen LogP contribution in [0.4, 0.5) is 11.4 Å². The van der Waals surface area contributed by atoms with E-state index in [1.54, 1.807) is 12.1 Å². The molecule has 5 heteroatoms. The molecular weight excluding hydrogens is 424 g/mol. The number of ether oxygens (including phenoxy) is 1. The molecule has 34 heavy (non-hydrogen) atoms. The van der Waals surface area contributed by atoms with Gasteiger partial charge in [0.25, 0.3) is 0 Å². The van der Waals surface area contributed by atoms with Crippen LogP contribution in [0.3, 0.4) is 0 Å². The van der Waals surface area contributed by atoms with Gasteiger partial charge in [-0.3, -0.25) is 0 Å². The molecule has 0 aromatic heterocycles. The molecule has 0 amide bonds. The Morgan fingerprint density at radius 1 is 0.647 bits per heavy atom. The van der Waals surface area contributed by atoms with Crippen molar-refractivity contribution >= 4 is 17.3 Å². The van der Waals surface area contributed by atoms with Crippen molar-refractivity contribution < 1.29 is 14.6 Å². The molecule has 0 heterocycles. The van der Waals surface area contributed by atoms with Gasteiger partial charge in [0.05, 0.1) is 23.5 Å². The van der Waals surface area contributed by atoms with Gasteiger partial charge >= 0.3 is 5.97 Å². The van der Waals surface area contributed by atoms with Gasteiger partial charge in [-0.2, -0.15) is 10.2 Å². The summed E-state index contributed by atoms with van der Waals surface area (Å²) in [6.07, 6.45) is 19.0. The first kappa shape index (κ1) is 27.6.